The Balaban J connectivity index is 1.68. The Morgan fingerprint density at radius 1 is 1.07 bits per heavy atom. The van der Waals surface area contributed by atoms with Crippen molar-refractivity contribution in [1.82, 2.24) is 14.8 Å². The summed E-state index contributed by atoms with van der Waals surface area (Å²) in [5, 5.41) is 8.74. The van der Waals surface area contributed by atoms with Crippen LogP contribution in [0.5, 0.6) is 5.75 Å². The molecule has 148 valence electrons. The average Bonchev–Trinajstić information content (AvgIpc) is 3.07. The molecule has 0 N–H and O–H groups in total. The molecule has 0 amide bonds. The van der Waals surface area contributed by atoms with Crippen molar-refractivity contribution >= 4 is 11.8 Å². The summed E-state index contributed by atoms with van der Waals surface area (Å²) in [4.78, 5) is 0. The fourth-order valence-corrected chi connectivity index (χ4v) is 3.53. The van der Waals surface area contributed by atoms with Crippen LogP contribution in [0.2, 0.25) is 0 Å². The van der Waals surface area contributed by atoms with Crippen LogP contribution in [-0.2, 0) is 25.1 Å². The van der Waals surface area contributed by atoms with E-state index in [0.717, 1.165) is 12.1 Å². The molecule has 4 nitrogen and oxygen atoms in total. The minimum Gasteiger partial charge on any atom is -0.486 e. The smallest absolute Gasteiger partial charge is 0.416 e. The van der Waals surface area contributed by atoms with Crippen molar-refractivity contribution in [2.45, 2.75) is 37.2 Å². The summed E-state index contributed by atoms with van der Waals surface area (Å²) >= 11 is 1.33. The third-order valence-corrected chi connectivity index (χ3v) is 4.97. The second-order valence-electron chi connectivity index (χ2n) is 5.84. The summed E-state index contributed by atoms with van der Waals surface area (Å²) in [7, 11) is 0. The lowest BCUT2D eigenvalue weighted by Gasteiger charge is -2.11. The summed E-state index contributed by atoms with van der Waals surface area (Å²) in [6.45, 7) is 2.42. The lowest BCUT2D eigenvalue weighted by atomic mass is 10.2. The maximum absolute atomic E-state index is 13.7. The third-order valence-electron chi connectivity index (χ3n) is 3.95. The molecule has 0 radical (unpaired) electrons. The molecule has 1 aromatic heterocycles. The first-order chi connectivity index (χ1) is 13.4. The van der Waals surface area contributed by atoms with Crippen molar-refractivity contribution < 1.29 is 22.3 Å². The first-order valence-electron chi connectivity index (χ1n) is 8.47. The number of hydrogen-bond donors (Lipinski definition) is 0. The molecule has 0 spiro atoms. The second-order valence-corrected chi connectivity index (χ2v) is 6.78. The highest BCUT2D eigenvalue weighted by atomic mass is 32.2. The van der Waals surface area contributed by atoms with E-state index in [-0.39, 0.29) is 18.2 Å². The van der Waals surface area contributed by atoms with Gasteiger partial charge in [0, 0.05) is 12.3 Å². The molecule has 28 heavy (non-hydrogen) atoms. The fraction of sp³-hybridized carbons (Fsp3) is 0.263. The lowest BCUT2D eigenvalue weighted by molar-refractivity contribution is -0.137. The van der Waals surface area contributed by atoms with Gasteiger partial charge in [-0.1, -0.05) is 36.0 Å². The van der Waals surface area contributed by atoms with Gasteiger partial charge in [-0.15, -0.1) is 10.2 Å². The van der Waals surface area contributed by atoms with Crippen LogP contribution in [0.15, 0.2) is 53.7 Å². The van der Waals surface area contributed by atoms with Gasteiger partial charge in [0.15, 0.2) is 11.0 Å². The molecule has 0 aliphatic heterocycles. The quantitative estimate of drug-likeness (QED) is 0.389. The predicted octanol–water partition coefficient (Wildman–Crippen LogP) is 5.33. The molecule has 0 unspecified atom stereocenters. The normalized spacial score (nSPS) is 11.6. The van der Waals surface area contributed by atoms with Gasteiger partial charge in [-0.2, -0.15) is 13.2 Å². The van der Waals surface area contributed by atoms with Gasteiger partial charge < -0.3 is 9.30 Å². The maximum atomic E-state index is 13.7. The van der Waals surface area contributed by atoms with Crippen LogP contribution in [0, 0.1) is 5.82 Å². The molecule has 0 aliphatic rings. The zero-order valence-corrected chi connectivity index (χ0v) is 15.7. The van der Waals surface area contributed by atoms with E-state index >= 15 is 0 Å². The van der Waals surface area contributed by atoms with Crippen LogP contribution in [-0.4, -0.2) is 14.8 Å². The molecule has 3 aromatic rings. The van der Waals surface area contributed by atoms with E-state index in [1.165, 1.54) is 30.0 Å². The molecule has 0 atom stereocenters. The van der Waals surface area contributed by atoms with Crippen LogP contribution >= 0.6 is 11.8 Å². The number of nitrogens with zero attached hydrogens (tertiary/aromatic N) is 3. The number of aromatic nitrogens is 3. The standard InChI is InChI=1S/C19H17F4N3OS/c1-2-26-17(11-27-15-8-5-7-14(10-15)19(21,22)23)24-25-18(26)28-12-13-6-3-4-9-16(13)20/h3-10H,2,11-12H2,1H3. The van der Waals surface area contributed by atoms with E-state index in [9.17, 15) is 17.6 Å². The molecule has 0 saturated carbocycles. The summed E-state index contributed by atoms with van der Waals surface area (Å²) in [5.74, 6) is 0.682. The number of rotatable bonds is 7. The predicted molar refractivity (Wildman–Crippen MR) is 97.4 cm³/mol. The summed E-state index contributed by atoms with van der Waals surface area (Å²) in [5.41, 5.74) is -0.219. The molecular weight excluding hydrogens is 394 g/mol. The van der Waals surface area contributed by atoms with Gasteiger partial charge in [0.25, 0.3) is 0 Å². The molecule has 3 rings (SSSR count). The third kappa shape index (κ3) is 4.83. The Morgan fingerprint density at radius 3 is 2.57 bits per heavy atom. The highest BCUT2D eigenvalue weighted by molar-refractivity contribution is 7.98. The number of hydrogen-bond acceptors (Lipinski definition) is 4. The van der Waals surface area contributed by atoms with Crippen LogP contribution in [0.25, 0.3) is 0 Å². The fourth-order valence-electron chi connectivity index (χ4n) is 2.52. The van der Waals surface area contributed by atoms with Crippen LogP contribution < -0.4 is 4.74 Å². The number of benzene rings is 2. The minimum atomic E-state index is -4.43. The molecule has 0 bridgehead atoms. The Labute approximate surface area is 163 Å². The van der Waals surface area contributed by atoms with Gasteiger partial charge in [-0.25, -0.2) is 4.39 Å². The number of halogens is 4. The SMILES string of the molecule is CCn1c(COc2cccc(C(F)(F)F)c2)nnc1SCc1ccccc1F. The van der Waals surface area contributed by atoms with Crippen LogP contribution in [0.3, 0.4) is 0 Å². The first-order valence-corrected chi connectivity index (χ1v) is 9.45. The van der Waals surface area contributed by atoms with Gasteiger partial charge in [-0.05, 0) is 36.8 Å². The van der Waals surface area contributed by atoms with Crippen molar-refractivity contribution in [2.75, 3.05) is 0 Å². The number of ether oxygens (including phenoxy) is 1. The Morgan fingerprint density at radius 2 is 1.86 bits per heavy atom. The van der Waals surface area contributed by atoms with Crippen LogP contribution in [0.1, 0.15) is 23.9 Å². The monoisotopic (exact) mass is 411 g/mol. The maximum Gasteiger partial charge on any atom is 0.416 e. The molecule has 1 heterocycles. The average molecular weight is 411 g/mol. The van der Waals surface area contributed by atoms with E-state index in [1.807, 2.05) is 6.92 Å². The highest BCUT2D eigenvalue weighted by Crippen LogP contribution is 2.31. The molecule has 9 heteroatoms. The largest absolute Gasteiger partial charge is 0.486 e. The van der Waals surface area contributed by atoms with Gasteiger partial charge in [0.05, 0.1) is 5.56 Å². The molecule has 0 saturated heterocycles. The number of alkyl halides is 3. The van der Waals surface area contributed by atoms with Gasteiger partial charge in [0.1, 0.15) is 18.2 Å². The van der Waals surface area contributed by atoms with Gasteiger partial charge in [0.2, 0.25) is 0 Å². The van der Waals surface area contributed by atoms with E-state index in [4.69, 9.17) is 4.74 Å². The second kappa shape index (κ2) is 8.64. The summed E-state index contributed by atoms with van der Waals surface area (Å²) in [6, 6.07) is 11.2. The van der Waals surface area contributed by atoms with E-state index in [0.29, 0.717) is 28.8 Å². The van der Waals surface area contributed by atoms with Crippen LogP contribution in [0.4, 0.5) is 17.6 Å². The summed E-state index contributed by atoms with van der Waals surface area (Å²) in [6.07, 6.45) is -4.43. The summed E-state index contributed by atoms with van der Waals surface area (Å²) < 4.78 is 59.4. The molecule has 0 fully saturated rings. The van der Waals surface area contributed by atoms with Gasteiger partial charge >= 0.3 is 6.18 Å². The van der Waals surface area contributed by atoms with Crippen molar-refractivity contribution in [3.8, 4) is 5.75 Å². The van der Waals surface area contributed by atoms with Gasteiger partial charge in [-0.3, -0.25) is 0 Å². The topological polar surface area (TPSA) is 39.9 Å². The van der Waals surface area contributed by atoms with Crippen molar-refractivity contribution in [3.63, 3.8) is 0 Å². The zero-order chi connectivity index (χ0) is 20.1. The number of thioether (sulfide) groups is 1. The first kappa shape index (κ1) is 20.2. The van der Waals surface area contributed by atoms with E-state index in [1.54, 1.807) is 22.8 Å². The van der Waals surface area contributed by atoms with Crippen molar-refractivity contribution in [3.05, 3.63) is 71.3 Å². The van der Waals surface area contributed by atoms with E-state index in [2.05, 4.69) is 10.2 Å². The molecular formula is C19H17F4N3OS. The van der Waals surface area contributed by atoms with Crippen molar-refractivity contribution in [1.29, 1.82) is 0 Å². The lowest BCUT2D eigenvalue weighted by Crippen LogP contribution is -2.08. The Bertz CT molecular complexity index is 943. The van der Waals surface area contributed by atoms with E-state index < -0.39 is 11.7 Å². The minimum absolute atomic E-state index is 0.0254. The van der Waals surface area contributed by atoms with Crippen molar-refractivity contribution in [2.24, 2.45) is 0 Å². The Kier molecular flexibility index (Phi) is 6.23. The highest BCUT2D eigenvalue weighted by Gasteiger charge is 2.30. The molecule has 2 aromatic carbocycles. The zero-order valence-electron chi connectivity index (χ0n) is 14.9. The molecule has 0 aliphatic carbocycles. The Hall–Kier alpha value is -2.55.